The zero-order chi connectivity index (χ0) is 27.0. The van der Waals surface area contributed by atoms with E-state index >= 15 is 0 Å². The Balaban J connectivity index is 1.07. The van der Waals surface area contributed by atoms with Crippen molar-refractivity contribution in [3.63, 3.8) is 0 Å². The van der Waals surface area contributed by atoms with Crippen molar-refractivity contribution < 1.29 is 14.3 Å². The Labute approximate surface area is 231 Å². The number of hydrogen-bond donors (Lipinski definition) is 0. The number of piperazine rings is 1. The molecule has 206 valence electrons. The van der Waals surface area contributed by atoms with Crippen LogP contribution in [0.5, 0.6) is 5.88 Å². The standard InChI is InChI=1S/C32H40N4O3/c1-2-3-4-14-30(37)36-31(38)18-16-26-15-17-29(33-32(26)36)39-24-8-7-19-34-20-22-35(23-21-34)28-13-9-11-25-10-5-6-12-27(25)28/h5-6,9-13,15,17H,2-4,7-8,14,16,18-24H2,1H3. The molecule has 2 aliphatic rings. The molecular weight excluding hydrogens is 488 g/mol. The van der Waals surface area contributed by atoms with Crippen LogP contribution in [0.15, 0.2) is 54.6 Å². The number of benzene rings is 2. The Kier molecular flexibility index (Phi) is 9.09. The molecule has 0 spiro atoms. The number of pyridine rings is 1. The van der Waals surface area contributed by atoms with Crippen LogP contribution >= 0.6 is 0 Å². The van der Waals surface area contributed by atoms with Gasteiger partial charge in [0, 0.05) is 56.2 Å². The Morgan fingerprint density at radius 1 is 0.897 bits per heavy atom. The molecule has 2 aliphatic heterocycles. The first kappa shape index (κ1) is 27.1. The molecule has 1 saturated heterocycles. The van der Waals surface area contributed by atoms with E-state index in [1.165, 1.54) is 21.4 Å². The van der Waals surface area contributed by atoms with Gasteiger partial charge in [-0.1, -0.05) is 56.2 Å². The van der Waals surface area contributed by atoms with Gasteiger partial charge in [0.15, 0.2) is 0 Å². The zero-order valence-corrected chi connectivity index (χ0v) is 23.1. The number of carbonyl (C=O) groups is 2. The lowest BCUT2D eigenvalue weighted by Crippen LogP contribution is -2.46. The first-order valence-electron chi connectivity index (χ1n) is 14.6. The summed E-state index contributed by atoms with van der Waals surface area (Å²) in [4.78, 5) is 36.3. The highest BCUT2D eigenvalue weighted by Crippen LogP contribution is 2.30. The third kappa shape index (κ3) is 6.59. The molecule has 3 heterocycles. The maximum atomic E-state index is 12.8. The van der Waals surface area contributed by atoms with E-state index in [1.807, 2.05) is 12.1 Å². The van der Waals surface area contributed by atoms with Gasteiger partial charge in [-0.15, -0.1) is 0 Å². The largest absolute Gasteiger partial charge is 0.478 e. The SMILES string of the molecule is CCCCCC(=O)N1C(=O)CCc2ccc(OCCCCN3CCN(c4cccc5ccccc45)CC3)nc21. The number of ether oxygens (including phenoxy) is 1. The first-order valence-corrected chi connectivity index (χ1v) is 14.6. The van der Waals surface area contributed by atoms with Crippen LogP contribution in [0.3, 0.4) is 0 Å². The molecule has 0 bridgehead atoms. The molecule has 0 aliphatic carbocycles. The minimum atomic E-state index is -0.158. The maximum absolute atomic E-state index is 12.8. The normalized spacial score (nSPS) is 16.0. The summed E-state index contributed by atoms with van der Waals surface area (Å²) in [7, 11) is 0. The average Bonchev–Trinajstić information content (AvgIpc) is 2.97. The molecule has 1 aromatic heterocycles. The van der Waals surface area contributed by atoms with Gasteiger partial charge in [0.1, 0.15) is 5.82 Å². The topological polar surface area (TPSA) is 66.0 Å². The van der Waals surface area contributed by atoms with Gasteiger partial charge in [0.2, 0.25) is 17.7 Å². The van der Waals surface area contributed by atoms with Gasteiger partial charge in [-0.05, 0) is 55.3 Å². The van der Waals surface area contributed by atoms with Crippen molar-refractivity contribution in [3.8, 4) is 5.88 Å². The number of anilines is 2. The summed E-state index contributed by atoms with van der Waals surface area (Å²) in [5.41, 5.74) is 2.27. The Morgan fingerprint density at radius 3 is 2.56 bits per heavy atom. The van der Waals surface area contributed by atoms with Crippen molar-refractivity contribution in [2.24, 2.45) is 0 Å². The average molecular weight is 529 g/mol. The summed E-state index contributed by atoms with van der Waals surface area (Å²) in [5.74, 6) is 0.640. The van der Waals surface area contributed by atoms with Crippen molar-refractivity contribution in [1.29, 1.82) is 0 Å². The smallest absolute Gasteiger partial charge is 0.235 e. The van der Waals surface area contributed by atoms with Crippen LogP contribution in [-0.2, 0) is 16.0 Å². The maximum Gasteiger partial charge on any atom is 0.235 e. The van der Waals surface area contributed by atoms with Gasteiger partial charge < -0.3 is 9.64 Å². The molecule has 0 unspecified atom stereocenters. The van der Waals surface area contributed by atoms with Crippen molar-refractivity contribution in [2.45, 2.75) is 58.3 Å². The molecule has 3 aromatic rings. The number of unbranched alkanes of at least 4 members (excludes halogenated alkanes) is 3. The number of aromatic nitrogens is 1. The Morgan fingerprint density at radius 2 is 1.72 bits per heavy atom. The van der Waals surface area contributed by atoms with Gasteiger partial charge in [0.25, 0.3) is 0 Å². The van der Waals surface area contributed by atoms with E-state index in [0.29, 0.717) is 37.6 Å². The summed E-state index contributed by atoms with van der Waals surface area (Å²) in [5, 5.41) is 2.62. The molecule has 0 radical (unpaired) electrons. The lowest BCUT2D eigenvalue weighted by Gasteiger charge is -2.36. The fraction of sp³-hybridized carbons (Fsp3) is 0.469. The van der Waals surface area contributed by atoms with Crippen molar-refractivity contribution in [1.82, 2.24) is 9.88 Å². The molecule has 39 heavy (non-hydrogen) atoms. The van der Waals surface area contributed by atoms with Crippen molar-refractivity contribution >= 4 is 34.1 Å². The Bertz CT molecular complexity index is 1280. The molecule has 0 N–H and O–H groups in total. The van der Waals surface area contributed by atoms with E-state index in [0.717, 1.165) is 70.4 Å². The number of nitrogens with zero attached hydrogens (tertiary/aromatic N) is 4. The molecule has 2 aromatic carbocycles. The van der Waals surface area contributed by atoms with Crippen LogP contribution in [0.2, 0.25) is 0 Å². The van der Waals surface area contributed by atoms with Crippen LogP contribution in [-0.4, -0.2) is 61.0 Å². The quantitative estimate of drug-likeness (QED) is 0.302. The van der Waals surface area contributed by atoms with Gasteiger partial charge in [-0.3, -0.25) is 14.5 Å². The lowest BCUT2D eigenvalue weighted by atomic mass is 10.0. The van der Waals surface area contributed by atoms with E-state index in [-0.39, 0.29) is 11.8 Å². The third-order valence-corrected chi connectivity index (χ3v) is 7.84. The Hall–Kier alpha value is -3.45. The van der Waals surface area contributed by atoms with Crippen LogP contribution in [0.25, 0.3) is 10.8 Å². The van der Waals surface area contributed by atoms with E-state index in [1.54, 1.807) is 0 Å². The molecule has 2 amide bonds. The second-order valence-electron chi connectivity index (χ2n) is 10.6. The van der Waals surface area contributed by atoms with E-state index in [2.05, 4.69) is 64.2 Å². The third-order valence-electron chi connectivity index (χ3n) is 7.84. The summed E-state index contributed by atoms with van der Waals surface area (Å²) in [6, 6.07) is 19.0. The molecule has 5 rings (SSSR count). The van der Waals surface area contributed by atoms with E-state index in [4.69, 9.17) is 4.74 Å². The second kappa shape index (κ2) is 13.1. The molecule has 1 fully saturated rings. The minimum Gasteiger partial charge on any atom is -0.478 e. The predicted octanol–water partition coefficient (Wildman–Crippen LogP) is 5.60. The van der Waals surface area contributed by atoms with Gasteiger partial charge in [0.05, 0.1) is 6.61 Å². The molecule has 0 atom stereocenters. The van der Waals surface area contributed by atoms with Crippen LogP contribution < -0.4 is 14.5 Å². The minimum absolute atomic E-state index is 0.153. The lowest BCUT2D eigenvalue weighted by molar-refractivity contribution is -0.127. The monoisotopic (exact) mass is 528 g/mol. The van der Waals surface area contributed by atoms with Crippen LogP contribution in [0, 0.1) is 0 Å². The van der Waals surface area contributed by atoms with Crippen molar-refractivity contribution in [3.05, 3.63) is 60.2 Å². The number of amides is 2. The molecule has 7 nitrogen and oxygen atoms in total. The van der Waals surface area contributed by atoms with Gasteiger partial charge >= 0.3 is 0 Å². The van der Waals surface area contributed by atoms with Gasteiger partial charge in [-0.2, -0.15) is 4.98 Å². The van der Waals surface area contributed by atoms with E-state index in [9.17, 15) is 9.59 Å². The van der Waals surface area contributed by atoms with Gasteiger partial charge in [-0.25, -0.2) is 4.90 Å². The number of aryl methyl sites for hydroxylation is 1. The summed E-state index contributed by atoms with van der Waals surface area (Å²) < 4.78 is 5.95. The number of imide groups is 1. The summed E-state index contributed by atoms with van der Waals surface area (Å²) in [6.07, 6.45) is 6.15. The number of carbonyl (C=O) groups excluding carboxylic acids is 2. The predicted molar refractivity (Wildman–Crippen MR) is 157 cm³/mol. The summed E-state index contributed by atoms with van der Waals surface area (Å²) in [6.45, 7) is 7.93. The molecule has 0 saturated carbocycles. The summed E-state index contributed by atoms with van der Waals surface area (Å²) >= 11 is 0. The highest BCUT2D eigenvalue weighted by molar-refractivity contribution is 6.15. The number of rotatable bonds is 11. The van der Waals surface area contributed by atoms with E-state index < -0.39 is 0 Å². The highest BCUT2D eigenvalue weighted by Gasteiger charge is 2.31. The first-order chi connectivity index (χ1) is 19.1. The zero-order valence-electron chi connectivity index (χ0n) is 23.1. The molecular formula is C32H40N4O3. The van der Waals surface area contributed by atoms with Crippen molar-refractivity contribution in [2.75, 3.05) is 49.1 Å². The fourth-order valence-electron chi connectivity index (χ4n) is 5.61. The molecule has 7 heteroatoms. The second-order valence-corrected chi connectivity index (χ2v) is 10.6. The fourth-order valence-corrected chi connectivity index (χ4v) is 5.61. The van der Waals surface area contributed by atoms with Crippen LogP contribution in [0.4, 0.5) is 11.5 Å². The highest BCUT2D eigenvalue weighted by atomic mass is 16.5. The number of hydrogen-bond acceptors (Lipinski definition) is 6. The number of fused-ring (bicyclic) bond motifs is 2. The van der Waals surface area contributed by atoms with Crippen LogP contribution in [0.1, 0.15) is 57.4 Å².